The van der Waals surface area contributed by atoms with Gasteiger partial charge in [-0.25, -0.2) is 9.07 Å². The molecule has 0 spiro atoms. The van der Waals surface area contributed by atoms with Gasteiger partial charge in [-0.1, -0.05) is 30.3 Å². The number of fused-ring (bicyclic) bond motifs is 1. The van der Waals surface area contributed by atoms with Crippen molar-refractivity contribution in [2.75, 3.05) is 4.90 Å². The highest BCUT2D eigenvalue weighted by molar-refractivity contribution is 5.85. The quantitative estimate of drug-likeness (QED) is 0.404. The Morgan fingerprint density at radius 3 is 2.40 bits per heavy atom. The van der Waals surface area contributed by atoms with E-state index in [1.54, 1.807) is 23.0 Å². The van der Waals surface area contributed by atoms with Crippen LogP contribution in [-0.2, 0) is 4.79 Å². The number of aromatic nitrogens is 2. The zero-order valence-corrected chi connectivity index (χ0v) is 19.3. The topological polar surface area (TPSA) is 50.2 Å². The number of carbonyl (C=O) groups excluding carboxylic acids is 1. The lowest BCUT2D eigenvalue weighted by atomic mass is 9.99. The van der Waals surface area contributed by atoms with Crippen molar-refractivity contribution in [1.82, 2.24) is 15.1 Å². The molecule has 1 N–H and O–H groups in total. The first-order valence-corrected chi connectivity index (χ1v) is 11.5. The van der Waals surface area contributed by atoms with Gasteiger partial charge in [0.15, 0.2) is 0 Å². The number of benzene rings is 3. The second-order valence-electron chi connectivity index (χ2n) is 9.09. The monoisotopic (exact) mass is 478 g/mol. The minimum Gasteiger partial charge on any atom is -0.360 e. The summed E-state index contributed by atoms with van der Waals surface area (Å²) in [5.41, 5.74) is 3.44. The molecular weight excluding hydrogens is 453 g/mol. The van der Waals surface area contributed by atoms with Crippen LogP contribution >= 0.6 is 0 Å². The number of nitrogens with one attached hydrogen (secondary N) is 1. The average molecular weight is 479 g/mol. The van der Waals surface area contributed by atoms with Crippen LogP contribution in [0.3, 0.4) is 0 Å². The number of anilines is 1. The second kappa shape index (κ2) is 8.76. The van der Waals surface area contributed by atoms with Crippen molar-refractivity contribution in [1.29, 1.82) is 0 Å². The van der Waals surface area contributed by atoms with E-state index in [2.05, 4.69) is 15.3 Å². The van der Waals surface area contributed by atoms with Crippen molar-refractivity contribution in [3.63, 3.8) is 0 Å². The van der Waals surface area contributed by atoms with Gasteiger partial charge in [-0.3, -0.25) is 4.79 Å². The highest BCUT2D eigenvalue weighted by Gasteiger charge is 2.43. The Labute approximate surface area is 201 Å². The number of hydrogen-bond acceptors (Lipinski definition) is 3. The predicted molar refractivity (Wildman–Crippen MR) is 129 cm³/mol. The smallest absolute Gasteiger partial charge is 0.321 e. The Hall–Kier alpha value is -3.81. The predicted octanol–water partition coefficient (Wildman–Crippen LogP) is 5.64. The van der Waals surface area contributed by atoms with E-state index < -0.39 is 17.9 Å². The van der Waals surface area contributed by atoms with E-state index in [-0.39, 0.29) is 17.9 Å². The van der Waals surface area contributed by atoms with Gasteiger partial charge in [-0.05, 0) is 61.4 Å². The van der Waals surface area contributed by atoms with Gasteiger partial charge in [0.25, 0.3) is 5.91 Å². The molecule has 5 rings (SSSR count). The third-order valence-corrected chi connectivity index (χ3v) is 6.53. The molecule has 1 aromatic heterocycles. The first-order valence-electron chi connectivity index (χ1n) is 11.5. The third kappa shape index (κ3) is 4.36. The molecule has 1 aliphatic rings. The molecule has 0 saturated carbocycles. The highest BCUT2D eigenvalue weighted by atomic mass is 19.3. The summed E-state index contributed by atoms with van der Waals surface area (Å²) in [7, 11) is 0. The van der Waals surface area contributed by atoms with Gasteiger partial charge in [0.2, 0.25) is 0 Å². The van der Waals surface area contributed by atoms with E-state index in [0.29, 0.717) is 13.3 Å². The molecule has 1 amide bonds. The molecule has 5 nitrogen and oxygen atoms in total. The zero-order chi connectivity index (χ0) is 24.7. The Kier molecular flexibility index (Phi) is 5.75. The maximum Gasteiger partial charge on any atom is 0.321 e. The summed E-state index contributed by atoms with van der Waals surface area (Å²) in [6, 6.07) is 20.8. The summed E-state index contributed by atoms with van der Waals surface area (Å²) in [4.78, 5) is 14.3. The van der Waals surface area contributed by atoms with Crippen LogP contribution in [0.1, 0.15) is 31.9 Å². The van der Waals surface area contributed by atoms with E-state index in [1.165, 1.54) is 12.1 Å². The van der Waals surface area contributed by atoms with E-state index in [9.17, 15) is 18.0 Å². The Bertz CT molecular complexity index is 1350. The SMILES string of the molecule is C[C@H]1C[C@H](NC(=O)C(C)(F)F)[C@@H](c2ccccc2)N1c1ccc2c(cnn2-c2ccc(F)cc2)c1. The van der Waals surface area contributed by atoms with Crippen LogP contribution in [0.5, 0.6) is 0 Å². The van der Waals surface area contributed by atoms with Crippen molar-refractivity contribution in [3.05, 3.63) is 90.4 Å². The molecule has 2 heterocycles. The third-order valence-electron chi connectivity index (χ3n) is 6.53. The molecule has 1 aliphatic heterocycles. The Balaban J connectivity index is 1.53. The summed E-state index contributed by atoms with van der Waals surface area (Å²) in [6.45, 7) is 2.64. The molecule has 8 heteroatoms. The van der Waals surface area contributed by atoms with E-state index in [4.69, 9.17) is 0 Å². The van der Waals surface area contributed by atoms with Gasteiger partial charge >= 0.3 is 5.92 Å². The van der Waals surface area contributed by atoms with Gasteiger partial charge in [-0.2, -0.15) is 13.9 Å². The molecule has 1 saturated heterocycles. The van der Waals surface area contributed by atoms with Crippen molar-refractivity contribution in [2.45, 2.75) is 44.3 Å². The number of alkyl halides is 2. The zero-order valence-electron chi connectivity index (χ0n) is 19.3. The van der Waals surface area contributed by atoms with Crippen LogP contribution in [0.15, 0.2) is 79.0 Å². The molecule has 35 heavy (non-hydrogen) atoms. The van der Waals surface area contributed by atoms with Gasteiger partial charge < -0.3 is 10.2 Å². The summed E-state index contributed by atoms with van der Waals surface area (Å²) >= 11 is 0. The maximum atomic E-state index is 13.7. The molecule has 3 aromatic carbocycles. The van der Waals surface area contributed by atoms with Crippen LogP contribution in [-0.4, -0.2) is 33.7 Å². The molecule has 1 fully saturated rings. The second-order valence-corrected chi connectivity index (χ2v) is 9.09. The number of carbonyl (C=O) groups is 1. The van der Waals surface area contributed by atoms with Gasteiger partial charge in [0, 0.05) is 24.0 Å². The van der Waals surface area contributed by atoms with Gasteiger partial charge in [-0.15, -0.1) is 0 Å². The molecule has 4 aromatic rings. The standard InChI is InChI=1S/C27H25F3N4O/c1-17-14-23(32-26(35)27(2,29)30)25(18-6-4-3-5-7-18)33(17)22-12-13-24-19(15-22)16-31-34(24)21-10-8-20(28)9-11-21/h3-13,15-17,23,25H,14H2,1-2H3,(H,32,35)/t17-,23-,25+/m0/s1. The first-order chi connectivity index (χ1) is 16.7. The number of rotatable bonds is 5. The minimum absolute atomic E-state index is 0.0134. The van der Waals surface area contributed by atoms with Crippen LogP contribution in [0.2, 0.25) is 0 Å². The number of amides is 1. The number of hydrogen-bond donors (Lipinski definition) is 1. The summed E-state index contributed by atoms with van der Waals surface area (Å²) in [6.07, 6.45) is 2.27. The first kappa shape index (κ1) is 23.0. The molecule has 0 aliphatic carbocycles. The summed E-state index contributed by atoms with van der Waals surface area (Å²) in [5.74, 6) is -5.04. The lowest BCUT2D eigenvalue weighted by Gasteiger charge is -2.33. The van der Waals surface area contributed by atoms with E-state index in [0.717, 1.165) is 27.8 Å². The molecule has 180 valence electrons. The minimum atomic E-state index is -3.45. The van der Waals surface area contributed by atoms with Crippen LogP contribution < -0.4 is 10.2 Å². The molecule has 3 atom stereocenters. The van der Waals surface area contributed by atoms with Crippen LogP contribution in [0.25, 0.3) is 16.6 Å². The molecule has 0 radical (unpaired) electrons. The normalized spacial score (nSPS) is 20.4. The van der Waals surface area contributed by atoms with Crippen molar-refractivity contribution < 1.29 is 18.0 Å². The van der Waals surface area contributed by atoms with Gasteiger partial charge in [0.1, 0.15) is 5.82 Å². The van der Waals surface area contributed by atoms with Crippen molar-refractivity contribution >= 4 is 22.5 Å². The Morgan fingerprint density at radius 2 is 1.71 bits per heavy atom. The Morgan fingerprint density at radius 1 is 1.03 bits per heavy atom. The van der Waals surface area contributed by atoms with Crippen LogP contribution in [0, 0.1) is 5.82 Å². The fourth-order valence-corrected chi connectivity index (χ4v) is 4.94. The molecule has 0 bridgehead atoms. The number of nitrogens with zero attached hydrogens (tertiary/aromatic N) is 3. The summed E-state index contributed by atoms with van der Waals surface area (Å²) < 4.78 is 42.5. The average Bonchev–Trinajstić information content (AvgIpc) is 3.39. The fraction of sp³-hybridized carbons (Fsp3) is 0.259. The van der Waals surface area contributed by atoms with E-state index in [1.807, 2.05) is 55.5 Å². The lowest BCUT2D eigenvalue weighted by molar-refractivity contribution is -0.143. The lowest BCUT2D eigenvalue weighted by Crippen LogP contribution is -2.46. The van der Waals surface area contributed by atoms with Crippen molar-refractivity contribution in [3.8, 4) is 5.69 Å². The molecular formula is C27H25F3N4O. The maximum absolute atomic E-state index is 13.7. The summed E-state index contributed by atoms with van der Waals surface area (Å²) in [5, 5.41) is 7.95. The van der Waals surface area contributed by atoms with Gasteiger partial charge in [0.05, 0.1) is 29.5 Å². The number of halogens is 3. The molecule has 0 unspecified atom stereocenters. The van der Waals surface area contributed by atoms with Crippen LogP contribution in [0.4, 0.5) is 18.9 Å². The largest absolute Gasteiger partial charge is 0.360 e. The fourth-order valence-electron chi connectivity index (χ4n) is 4.94. The van der Waals surface area contributed by atoms with E-state index >= 15 is 0 Å². The highest BCUT2D eigenvalue weighted by Crippen LogP contribution is 2.41. The van der Waals surface area contributed by atoms with Crippen molar-refractivity contribution in [2.24, 2.45) is 0 Å².